The number of fused-ring (bicyclic) bond motifs is 1. The van der Waals surface area contributed by atoms with Gasteiger partial charge in [0.2, 0.25) is 5.95 Å². The highest BCUT2D eigenvalue weighted by atomic mass is 32.2. The Morgan fingerprint density at radius 2 is 1.89 bits per heavy atom. The van der Waals surface area contributed by atoms with Crippen LogP contribution in [0.4, 0.5) is 0 Å². The summed E-state index contributed by atoms with van der Waals surface area (Å²) < 4.78 is 25.1. The van der Waals surface area contributed by atoms with Crippen molar-refractivity contribution in [2.24, 2.45) is 0 Å². The molecule has 5 rings (SSSR count). The molecule has 0 spiro atoms. The number of hydrogen-bond donors (Lipinski definition) is 0. The Balaban J connectivity index is 1.53. The van der Waals surface area contributed by atoms with Gasteiger partial charge in [-0.05, 0) is 25.1 Å². The molecule has 0 saturated carbocycles. The van der Waals surface area contributed by atoms with Crippen molar-refractivity contribution in [1.29, 1.82) is 0 Å². The van der Waals surface area contributed by atoms with Gasteiger partial charge >= 0.3 is 0 Å². The highest BCUT2D eigenvalue weighted by Crippen LogP contribution is 2.28. The highest BCUT2D eigenvalue weighted by molar-refractivity contribution is 7.84. The molecule has 4 heterocycles. The van der Waals surface area contributed by atoms with E-state index >= 15 is 0 Å². The molecular formula is C25H25N5O4S. The van der Waals surface area contributed by atoms with Crippen LogP contribution < -0.4 is 4.74 Å². The summed E-state index contributed by atoms with van der Waals surface area (Å²) in [7, 11) is -1.23. The fourth-order valence-electron chi connectivity index (χ4n) is 4.08. The van der Waals surface area contributed by atoms with Crippen LogP contribution in [0.3, 0.4) is 0 Å². The van der Waals surface area contributed by atoms with Crippen LogP contribution in [0.15, 0.2) is 60.0 Å². The second-order valence-corrected chi connectivity index (χ2v) is 9.38. The first-order valence-electron chi connectivity index (χ1n) is 11.3. The minimum Gasteiger partial charge on any atom is -0.494 e. The van der Waals surface area contributed by atoms with Crippen LogP contribution in [0.25, 0.3) is 28.1 Å². The van der Waals surface area contributed by atoms with Gasteiger partial charge in [0.25, 0.3) is 5.91 Å². The maximum Gasteiger partial charge on any atom is 0.254 e. The van der Waals surface area contributed by atoms with Crippen molar-refractivity contribution in [3.8, 4) is 23.0 Å². The average molecular weight is 492 g/mol. The van der Waals surface area contributed by atoms with Crippen molar-refractivity contribution >= 4 is 27.6 Å². The molecule has 1 fully saturated rings. The molecule has 1 atom stereocenters. The lowest BCUT2D eigenvalue weighted by Gasteiger charge is -2.26. The molecule has 35 heavy (non-hydrogen) atoms. The van der Waals surface area contributed by atoms with E-state index in [-0.39, 0.29) is 5.91 Å². The second kappa shape index (κ2) is 9.93. The van der Waals surface area contributed by atoms with Crippen LogP contribution in [-0.4, -0.2) is 73.7 Å². The molecule has 10 heteroatoms. The number of morpholine rings is 1. The van der Waals surface area contributed by atoms with Gasteiger partial charge in [0.1, 0.15) is 5.75 Å². The molecule has 1 aliphatic heterocycles. The van der Waals surface area contributed by atoms with E-state index in [1.165, 1.54) is 0 Å². The molecule has 0 N–H and O–H groups in total. The lowest BCUT2D eigenvalue weighted by molar-refractivity contribution is 0.0303. The van der Waals surface area contributed by atoms with E-state index in [1.807, 2.05) is 25.1 Å². The monoisotopic (exact) mass is 491 g/mol. The Morgan fingerprint density at radius 3 is 2.60 bits per heavy atom. The summed E-state index contributed by atoms with van der Waals surface area (Å²) in [5.41, 5.74) is 2.72. The first kappa shape index (κ1) is 23.1. The quantitative estimate of drug-likeness (QED) is 0.409. The number of amides is 1. The van der Waals surface area contributed by atoms with Gasteiger partial charge in [0, 0.05) is 66.7 Å². The Morgan fingerprint density at radius 1 is 1.11 bits per heavy atom. The number of carbonyl (C=O) groups is 1. The normalized spacial score (nSPS) is 14.7. The van der Waals surface area contributed by atoms with Crippen LogP contribution in [0.1, 0.15) is 17.3 Å². The molecule has 1 aromatic carbocycles. The van der Waals surface area contributed by atoms with E-state index in [0.717, 1.165) is 22.2 Å². The number of aromatic nitrogens is 4. The Hall–Kier alpha value is -3.63. The lowest BCUT2D eigenvalue weighted by atomic mass is 10.1. The van der Waals surface area contributed by atoms with Gasteiger partial charge in [0.05, 0.1) is 46.7 Å². The smallest absolute Gasteiger partial charge is 0.254 e. The molecule has 4 aromatic rings. The zero-order valence-corrected chi connectivity index (χ0v) is 20.3. The summed E-state index contributed by atoms with van der Waals surface area (Å²) in [6.45, 7) is 4.68. The molecule has 0 radical (unpaired) electrons. The number of rotatable bonds is 6. The number of benzene rings is 1. The number of hydrogen-bond acceptors (Lipinski definition) is 7. The molecule has 1 saturated heterocycles. The standard InChI is InChI=1S/C25H25N5O4S/c1-3-34-19-6-7-26-21(13-19)18-14-27-25(28-15-18)30-16-23(35(2)32)20-5-4-17(12-22(20)30)24(31)29-8-10-33-11-9-29/h4-7,12-16H,3,8-11H2,1-2H3. The van der Waals surface area contributed by atoms with Crippen LogP contribution in [0.5, 0.6) is 5.75 Å². The molecule has 0 bridgehead atoms. The Labute approximate surface area is 205 Å². The number of pyridine rings is 1. The molecule has 0 aliphatic carbocycles. The number of carbonyl (C=O) groups excluding carboxylic acids is 1. The maximum atomic E-state index is 13.1. The predicted molar refractivity (Wildman–Crippen MR) is 132 cm³/mol. The highest BCUT2D eigenvalue weighted by Gasteiger charge is 2.21. The molecule has 1 aliphatic rings. The minimum absolute atomic E-state index is 0.0568. The fourth-order valence-corrected chi connectivity index (χ4v) is 4.81. The summed E-state index contributed by atoms with van der Waals surface area (Å²) in [4.78, 5) is 29.0. The van der Waals surface area contributed by atoms with E-state index in [2.05, 4.69) is 15.0 Å². The van der Waals surface area contributed by atoms with Gasteiger partial charge in [-0.1, -0.05) is 6.07 Å². The SMILES string of the molecule is CCOc1ccnc(-c2cnc(-n3cc(S(C)=O)c4ccc(C(=O)N5CCOCC5)cc43)nc2)c1. The van der Waals surface area contributed by atoms with E-state index in [9.17, 15) is 9.00 Å². The molecule has 1 unspecified atom stereocenters. The molecule has 9 nitrogen and oxygen atoms in total. The maximum absolute atomic E-state index is 13.1. The van der Waals surface area contributed by atoms with Crippen LogP contribution in [0.2, 0.25) is 0 Å². The van der Waals surface area contributed by atoms with Gasteiger partial charge in [-0.3, -0.25) is 18.6 Å². The van der Waals surface area contributed by atoms with E-state index in [4.69, 9.17) is 9.47 Å². The van der Waals surface area contributed by atoms with Crippen molar-refractivity contribution < 1.29 is 18.5 Å². The summed E-state index contributed by atoms with van der Waals surface area (Å²) in [5, 5.41) is 0.795. The van der Waals surface area contributed by atoms with Crippen LogP contribution in [0, 0.1) is 0 Å². The first-order chi connectivity index (χ1) is 17.0. The molecular weight excluding hydrogens is 466 g/mol. The third kappa shape index (κ3) is 4.67. The van der Waals surface area contributed by atoms with Crippen LogP contribution >= 0.6 is 0 Å². The topological polar surface area (TPSA) is 99.4 Å². The van der Waals surface area contributed by atoms with Crippen LogP contribution in [-0.2, 0) is 15.5 Å². The first-order valence-corrected chi connectivity index (χ1v) is 12.9. The van der Waals surface area contributed by atoms with Gasteiger partial charge < -0.3 is 14.4 Å². The molecule has 180 valence electrons. The largest absolute Gasteiger partial charge is 0.494 e. The average Bonchev–Trinajstić information content (AvgIpc) is 3.28. The van der Waals surface area contributed by atoms with Gasteiger partial charge in [-0.2, -0.15) is 0 Å². The molecule has 1 amide bonds. The second-order valence-electron chi connectivity index (χ2n) is 8.04. The van der Waals surface area contributed by atoms with Crippen molar-refractivity contribution in [2.45, 2.75) is 11.8 Å². The Kier molecular flexibility index (Phi) is 6.56. The van der Waals surface area contributed by atoms with Crippen molar-refractivity contribution in [3.05, 3.63) is 60.7 Å². The van der Waals surface area contributed by atoms with Gasteiger partial charge in [-0.15, -0.1) is 0 Å². The summed E-state index contributed by atoms with van der Waals surface area (Å²) in [6, 6.07) is 9.08. The zero-order valence-electron chi connectivity index (χ0n) is 19.5. The van der Waals surface area contributed by atoms with Crippen molar-refractivity contribution in [1.82, 2.24) is 24.4 Å². The summed E-state index contributed by atoms with van der Waals surface area (Å²) in [5.74, 6) is 1.08. The van der Waals surface area contributed by atoms with E-state index < -0.39 is 10.8 Å². The van der Waals surface area contributed by atoms with Crippen molar-refractivity contribution in [3.63, 3.8) is 0 Å². The Bertz CT molecular complexity index is 1400. The third-order valence-corrected chi connectivity index (χ3v) is 6.76. The third-order valence-electron chi connectivity index (χ3n) is 5.82. The fraction of sp³-hybridized carbons (Fsp3) is 0.280. The summed E-state index contributed by atoms with van der Waals surface area (Å²) >= 11 is 0. The lowest BCUT2D eigenvalue weighted by Crippen LogP contribution is -2.40. The van der Waals surface area contributed by atoms with E-state index in [1.54, 1.807) is 52.6 Å². The van der Waals surface area contributed by atoms with Gasteiger partial charge in [0.15, 0.2) is 0 Å². The number of ether oxygens (including phenoxy) is 2. The van der Waals surface area contributed by atoms with Crippen molar-refractivity contribution in [2.75, 3.05) is 39.2 Å². The summed E-state index contributed by atoms with van der Waals surface area (Å²) in [6.07, 6.45) is 8.47. The number of nitrogens with zero attached hydrogens (tertiary/aromatic N) is 5. The zero-order chi connectivity index (χ0) is 24.4. The predicted octanol–water partition coefficient (Wildman–Crippen LogP) is 3.09. The van der Waals surface area contributed by atoms with E-state index in [0.29, 0.717) is 55.0 Å². The van der Waals surface area contributed by atoms with Gasteiger partial charge in [-0.25, -0.2) is 9.97 Å². The molecule has 3 aromatic heterocycles. The minimum atomic E-state index is -1.23.